The molecule has 2 heterocycles. The lowest BCUT2D eigenvalue weighted by atomic mass is 10.2. The highest BCUT2D eigenvalue weighted by molar-refractivity contribution is 5.74. The lowest BCUT2D eigenvalue weighted by molar-refractivity contribution is 0.194. The molecule has 0 bridgehead atoms. The molecule has 1 aliphatic rings. The highest BCUT2D eigenvalue weighted by atomic mass is 19.1. The Bertz CT molecular complexity index is 780. The van der Waals surface area contributed by atoms with Gasteiger partial charge in [-0.05, 0) is 23.8 Å². The van der Waals surface area contributed by atoms with Crippen LogP contribution in [0, 0.1) is 11.6 Å². The number of benzene rings is 1. The molecule has 0 unspecified atom stereocenters. The van der Waals surface area contributed by atoms with Crippen molar-refractivity contribution in [1.82, 2.24) is 15.2 Å². The molecule has 0 aliphatic carbocycles. The van der Waals surface area contributed by atoms with Gasteiger partial charge in [-0.15, -0.1) is 0 Å². The molecule has 0 radical (unpaired) electrons. The van der Waals surface area contributed by atoms with Crippen LogP contribution in [0.3, 0.4) is 0 Å². The van der Waals surface area contributed by atoms with Crippen molar-refractivity contribution in [2.24, 2.45) is 0 Å². The van der Waals surface area contributed by atoms with Crippen molar-refractivity contribution in [2.75, 3.05) is 38.2 Å². The monoisotopic (exact) mass is 362 g/mol. The van der Waals surface area contributed by atoms with Crippen LogP contribution < -0.4 is 15.0 Å². The molecule has 3 rings (SSSR count). The number of methoxy groups -OCH3 is 1. The maximum Gasteiger partial charge on any atom is 0.317 e. The molecule has 1 aliphatic heterocycles. The number of nitrogens with one attached hydrogen (secondary N) is 1. The second kappa shape index (κ2) is 7.99. The Hall–Kier alpha value is -2.90. The second-order valence-corrected chi connectivity index (χ2v) is 5.93. The second-order valence-electron chi connectivity index (χ2n) is 5.93. The Morgan fingerprint density at radius 3 is 2.65 bits per heavy atom. The fourth-order valence-corrected chi connectivity index (χ4v) is 2.88. The van der Waals surface area contributed by atoms with Crippen molar-refractivity contribution in [1.29, 1.82) is 0 Å². The van der Waals surface area contributed by atoms with Crippen molar-refractivity contribution >= 4 is 11.7 Å². The quantitative estimate of drug-likeness (QED) is 0.908. The minimum Gasteiger partial charge on any atom is -0.494 e. The minimum absolute atomic E-state index is 0.143. The van der Waals surface area contributed by atoms with Crippen LogP contribution in [0.5, 0.6) is 5.75 Å². The molecule has 2 amide bonds. The van der Waals surface area contributed by atoms with Gasteiger partial charge in [0.1, 0.15) is 0 Å². The molecule has 8 heteroatoms. The number of piperazine rings is 1. The van der Waals surface area contributed by atoms with E-state index in [4.69, 9.17) is 4.74 Å². The molecule has 0 spiro atoms. The molecule has 0 atom stereocenters. The molecular formula is C18H20F2N4O2. The number of amides is 2. The van der Waals surface area contributed by atoms with Crippen LogP contribution in [0.15, 0.2) is 36.7 Å². The normalized spacial score (nSPS) is 14.3. The number of pyridine rings is 1. The van der Waals surface area contributed by atoms with E-state index in [1.54, 1.807) is 29.3 Å². The number of rotatable bonds is 4. The average Bonchev–Trinajstić information content (AvgIpc) is 2.67. The van der Waals surface area contributed by atoms with Gasteiger partial charge in [-0.3, -0.25) is 4.98 Å². The van der Waals surface area contributed by atoms with Crippen molar-refractivity contribution in [3.8, 4) is 5.75 Å². The van der Waals surface area contributed by atoms with Crippen LogP contribution in [0.2, 0.25) is 0 Å². The van der Waals surface area contributed by atoms with E-state index in [9.17, 15) is 13.6 Å². The van der Waals surface area contributed by atoms with E-state index < -0.39 is 5.82 Å². The maximum absolute atomic E-state index is 13.8. The molecule has 138 valence electrons. The summed E-state index contributed by atoms with van der Waals surface area (Å²) in [5.74, 6) is -0.664. The van der Waals surface area contributed by atoms with Crippen LogP contribution in [0.25, 0.3) is 0 Å². The fourth-order valence-electron chi connectivity index (χ4n) is 2.88. The van der Waals surface area contributed by atoms with Gasteiger partial charge in [0.25, 0.3) is 0 Å². The smallest absolute Gasteiger partial charge is 0.317 e. The number of carbonyl (C=O) groups excluding carboxylic acids is 1. The molecule has 0 saturated carbocycles. The van der Waals surface area contributed by atoms with E-state index in [1.807, 2.05) is 4.90 Å². The average molecular weight is 362 g/mol. The topological polar surface area (TPSA) is 57.7 Å². The predicted octanol–water partition coefficient (Wildman–Crippen LogP) is 2.40. The van der Waals surface area contributed by atoms with Gasteiger partial charge in [-0.2, -0.15) is 0 Å². The Morgan fingerprint density at radius 2 is 1.96 bits per heavy atom. The summed E-state index contributed by atoms with van der Waals surface area (Å²) in [4.78, 5) is 19.6. The summed E-state index contributed by atoms with van der Waals surface area (Å²) in [6.45, 7) is 2.33. The number of hydrogen-bond donors (Lipinski definition) is 1. The number of aromatic nitrogens is 1. The standard InChI is InChI=1S/C18H20F2N4O2/c1-26-17-10-13(2-3-14(17)19)11-22-18(25)24-8-6-23(7-9-24)16-4-5-21-12-15(16)20/h2-5,10,12H,6-9,11H2,1H3,(H,22,25). The molecular weight excluding hydrogens is 342 g/mol. The van der Waals surface area contributed by atoms with Gasteiger partial charge in [-0.1, -0.05) is 6.07 Å². The molecule has 6 nitrogen and oxygen atoms in total. The number of urea groups is 1. The SMILES string of the molecule is COc1cc(CNC(=O)N2CCN(c3ccncc3F)CC2)ccc1F. The van der Waals surface area contributed by atoms with E-state index in [0.717, 1.165) is 5.56 Å². The van der Waals surface area contributed by atoms with Gasteiger partial charge >= 0.3 is 6.03 Å². The summed E-state index contributed by atoms with van der Waals surface area (Å²) in [7, 11) is 1.39. The Labute approximate surface area is 150 Å². The van der Waals surface area contributed by atoms with Crippen LogP contribution in [-0.2, 0) is 6.54 Å². The van der Waals surface area contributed by atoms with Gasteiger partial charge < -0.3 is 19.9 Å². The van der Waals surface area contributed by atoms with E-state index in [0.29, 0.717) is 31.9 Å². The summed E-state index contributed by atoms with van der Waals surface area (Å²) in [5.41, 5.74) is 1.24. The molecule has 1 N–H and O–H groups in total. The Morgan fingerprint density at radius 1 is 1.19 bits per heavy atom. The Balaban J connectivity index is 1.52. The summed E-state index contributed by atoms with van der Waals surface area (Å²) in [5, 5.41) is 2.81. The van der Waals surface area contributed by atoms with Gasteiger partial charge in [0, 0.05) is 38.9 Å². The van der Waals surface area contributed by atoms with Crippen molar-refractivity contribution < 1.29 is 18.3 Å². The largest absolute Gasteiger partial charge is 0.494 e. The van der Waals surface area contributed by atoms with E-state index in [-0.39, 0.29) is 24.1 Å². The molecule has 26 heavy (non-hydrogen) atoms. The first-order chi connectivity index (χ1) is 12.6. The molecule has 1 aromatic heterocycles. The zero-order valence-corrected chi connectivity index (χ0v) is 14.4. The third-order valence-electron chi connectivity index (χ3n) is 4.32. The van der Waals surface area contributed by atoms with Gasteiger partial charge in [0.05, 0.1) is 19.0 Å². The number of ether oxygens (including phenoxy) is 1. The number of anilines is 1. The third kappa shape index (κ3) is 4.01. The van der Waals surface area contributed by atoms with Gasteiger partial charge in [0.2, 0.25) is 0 Å². The molecule has 1 fully saturated rings. The van der Waals surface area contributed by atoms with Gasteiger partial charge in [0.15, 0.2) is 17.4 Å². The first-order valence-corrected chi connectivity index (χ1v) is 8.28. The summed E-state index contributed by atoms with van der Waals surface area (Å²) >= 11 is 0. The fraction of sp³-hybridized carbons (Fsp3) is 0.333. The van der Waals surface area contributed by atoms with Gasteiger partial charge in [-0.25, -0.2) is 13.6 Å². The zero-order valence-electron chi connectivity index (χ0n) is 14.4. The van der Waals surface area contributed by atoms with Crippen LogP contribution in [0.4, 0.5) is 19.3 Å². The zero-order chi connectivity index (χ0) is 18.5. The highest BCUT2D eigenvalue weighted by Crippen LogP contribution is 2.20. The van der Waals surface area contributed by atoms with Crippen LogP contribution >= 0.6 is 0 Å². The lowest BCUT2D eigenvalue weighted by Crippen LogP contribution is -2.51. The number of halogens is 2. The van der Waals surface area contributed by atoms with Crippen molar-refractivity contribution in [2.45, 2.75) is 6.54 Å². The molecule has 1 saturated heterocycles. The lowest BCUT2D eigenvalue weighted by Gasteiger charge is -2.36. The highest BCUT2D eigenvalue weighted by Gasteiger charge is 2.22. The minimum atomic E-state index is -0.443. The van der Waals surface area contributed by atoms with Crippen LogP contribution in [-0.4, -0.2) is 49.2 Å². The number of carbonyl (C=O) groups is 1. The van der Waals surface area contributed by atoms with E-state index >= 15 is 0 Å². The third-order valence-corrected chi connectivity index (χ3v) is 4.32. The summed E-state index contributed by atoms with van der Waals surface area (Å²) in [6.07, 6.45) is 2.74. The summed E-state index contributed by atoms with van der Waals surface area (Å²) in [6, 6.07) is 5.89. The first kappa shape index (κ1) is 17.9. The Kier molecular flexibility index (Phi) is 5.50. The van der Waals surface area contributed by atoms with E-state index in [1.165, 1.54) is 19.4 Å². The first-order valence-electron chi connectivity index (χ1n) is 8.28. The van der Waals surface area contributed by atoms with Crippen molar-refractivity contribution in [3.05, 3.63) is 53.9 Å². The summed E-state index contributed by atoms with van der Waals surface area (Å²) < 4.78 is 32.1. The number of nitrogens with zero attached hydrogens (tertiary/aromatic N) is 3. The number of hydrogen-bond acceptors (Lipinski definition) is 4. The van der Waals surface area contributed by atoms with Crippen molar-refractivity contribution in [3.63, 3.8) is 0 Å². The molecule has 1 aromatic carbocycles. The van der Waals surface area contributed by atoms with Crippen LogP contribution in [0.1, 0.15) is 5.56 Å². The maximum atomic E-state index is 13.8. The predicted molar refractivity (Wildman–Crippen MR) is 93.2 cm³/mol. The molecule has 2 aromatic rings. The van der Waals surface area contributed by atoms with E-state index in [2.05, 4.69) is 10.3 Å².